The molecule has 0 atom stereocenters. The molecule has 15 heavy (non-hydrogen) atoms. The number of rotatable bonds is 3. The van der Waals surface area contributed by atoms with E-state index in [2.05, 4.69) is 11.4 Å². The second-order valence-electron chi connectivity index (χ2n) is 4.11. The molecule has 0 bridgehead atoms. The quantitative estimate of drug-likeness (QED) is 0.821. The summed E-state index contributed by atoms with van der Waals surface area (Å²) in [6.45, 7) is 0.662. The SMILES string of the molecule is N#CC1(CNc2ccc(F)cc2)CCC1. The average Bonchev–Trinajstić information content (AvgIpc) is 2.20. The number of hydrogen-bond acceptors (Lipinski definition) is 2. The van der Waals surface area contributed by atoms with Crippen molar-refractivity contribution in [3.05, 3.63) is 30.1 Å². The molecule has 1 saturated carbocycles. The van der Waals surface area contributed by atoms with E-state index in [1.165, 1.54) is 12.1 Å². The van der Waals surface area contributed by atoms with E-state index in [0.29, 0.717) is 6.54 Å². The van der Waals surface area contributed by atoms with Gasteiger partial charge in [-0.2, -0.15) is 5.26 Å². The van der Waals surface area contributed by atoms with E-state index in [1.807, 2.05) is 0 Å². The summed E-state index contributed by atoms with van der Waals surface area (Å²) in [6.07, 6.45) is 3.08. The van der Waals surface area contributed by atoms with Gasteiger partial charge in [0, 0.05) is 12.2 Å². The minimum atomic E-state index is -0.237. The minimum absolute atomic E-state index is 0.186. The molecule has 0 unspecified atom stereocenters. The molecule has 0 amide bonds. The van der Waals surface area contributed by atoms with Crippen LogP contribution in [0, 0.1) is 22.6 Å². The van der Waals surface area contributed by atoms with Crippen molar-refractivity contribution in [2.24, 2.45) is 5.41 Å². The van der Waals surface area contributed by atoms with Crippen LogP contribution in [0.5, 0.6) is 0 Å². The molecule has 1 aliphatic carbocycles. The van der Waals surface area contributed by atoms with Crippen molar-refractivity contribution in [3.8, 4) is 6.07 Å². The van der Waals surface area contributed by atoms with Gasteiger partial charge < -0.3 is 5.32 Å². The van der Waals surface area contributed by atoms with Crippen molar-refractivity contribution in [2.75, 3.05) is 11.9 Å². The van der Waals surface area contributed by atoms with Crippen molar-refractivity contribution >= 4 is 5.69 Å². The van der Waals surface area contributed by atoms with Gasteiger partial charge in [-0.15, -0.1) is 0 Å². The number of nitrogens with one attached hydrogen (secondary N) is 1. The summed E-state index contributed by atoms with van der Waals surface area (Å²) in [5.41, 5.74) is 0.687. The lowest BCUT2D eigenvalue weighted by Crippen LogP contribution is -2.34. The zero-order valence-corrected chi connectivity index (χ0v) is 8.46. The van der Waals surface area contributed by atoms with Crippen molar-refractivity contribution in [3.63, 3.8) is 0 Å². The molecule has 2 nitrogen and oxygen atoms in total. The van der Waals surface area contributed by atoms with E-state index >= 15 is 0 Å². The maximum absolute atomic E-state index is 12.6. The Bertz CT molecular complexity index is 374. The smallest absolute Gasteiger partial charge is 0.123 e. The number of hydrogen-bond donors (Lipinski definition) is 1. The Kier molecular flexibility index (Phi) is 2.59. The van der Waals surface area contributed by atoms with Crippen molar-refractivity contribution < 1.29 is 4.39 Å². The summed E-state index contributed by atoms with van der Waals surface area (Å²) in [6, 6.07) is 8.58. The second-order valence-corrected chi connectivity index (χ2v) is 4.11. The minimum Gasteiger partial charge on any atom is -0.383 e. The van der Waals surface area contributed by atoms with Crippen LogP contribution in [0.2, 0.25) is 0 Å². The van der Waals surface area contributed by atoms with Gasteiger partial charge in [-0.05, 0) is 37.1 Å². The van der Waals surface area contributed by atoms with Gasteiger partial charge in [0.1, 0.15) is 5.82 Å². The number of nitriles is 1. The van der Waals surface area contributed by atoms with Crippen molar-refractivity contribution in [1.82, 2.24) is 0 Å². The summed E-state index contributed by atoms with van der Waals surface area (Å²) in [5, 5.41) is 12.2. The van der Waals surface area contributed by atoms with Gasteiger partial charge in [-0.3, -0.25) is 0 Å². The fourth-order valence-electron chi connectivity index (χ4n) is 1.77. The largest absolute Gasteiger partial charge is 0.383 e. The van der Waals surface area contributed by atoms with Gasteiger partial charge in [0.05, 0.1) is 11.5 Å². The molecule has 1 aromatic carbocycles. The van der Waals surface area contributed by atoms with E-state index in [1.54, 1.807) is 12.1 Å². The Hall–Kier alpha value is -1.56. The summed E-state index contributed by atoms with van der Waals surface area (Å²) in [4.78, 5) is 0. The number of nitrogens with zero attached hydrogens (tertiary/aromatic N) is 1. The topological polar surface area (TPSA) is 35.8 Å². The highest BCUT2D eigenvalue weighted by Crippen LogP contribution is 2.40. The molecule has 1 aliphatic rings. The Balaban J connectivity index is 1.93. The Morgan fingerprint density at radius 1 is 1.33 bits per heavy atom. The molecule has 0 spiro atoms. The molecule has 0 aromatic heterocycles. The van der Waals surface area contributed by atoms with Crippen molar-refractivity contribution in [2.45, 2.75) is 19.3 Å². The van der Waals surface area contributed by atoms with Crippen LogP contribution in [0.25, 0.3) is 0 Å². The predicted octanol–water partition coefficient (Wildman–Crippen LogP) is 2.93. The highest BCUT2D eigenvalue weighted by molar-refractivity contribution is 5.43. The molecule has 1 aromatic rings. The summed E-state index contributed by atoms with van der Waals surface area (Å²) >= 11 is 0. The first kappa shape index (κ1) is 9.97. The van der Waals surface area contributed by atoms with E-state index in [-0.39, 0.29) is 11.2 Å². The van der Waals surface area contributed by atoms with E-state index in [4.69, 9.17) is 5.26 Å². The lowest BCUT2D eigenvalue weighted by Gasteiger charge is -2.35. The first-order chi connectivity index (χ1) is 7.24. The molecular formula is C12H13FN2. The van der Waals surface area contributed by atoms with Gasteiger partial charge >= 0.3 is 0 Å². The fraction of sp³-hybridized carbons (Fsp3) is 0.417. The van der Waals surface area contributed by atoms with Gasteiger partial charge in [0.15, 0.2) is 0 Å². The highest BCUT2D eigenvalue weighted by Gasteiger charge is 2.36. The van der Waals surface area contributed by atoms with Crippen LogP contribution in [0.3, 0.4) is 0 Å². The van der Waals surface area contributed by atoms with Crippen LogP contribution in [0.4, 0.5) is 10.1 Å². The lowest BCUT2D eigenvalue weighted by atomic mass is 9.70. The standard InChI is InChI=1S/C12H13FN2/c13-10-2-4-11(5-3-10)15-9-12(8-14)6-1-7-12/h2-5,15H,1,6-7,9H2. The molecule has 0 radical (unpaired) electrons. The maximum Gasteiger partial charge on any atom is 0.123 e. The van der Waals surface area contributed by atoms with Crippen LogP contribution in [0.1, 0.15) is 19.3 Å². The van der Waals surface area contributed by atoms with Crippen LogP contribution >= 0.6 is 0 Å². The summed E-state index contributed by atoms with van der Waals surface area (Å²) < 4.78 is 12.6. The lowest BCUT2D eigenvalue weighted by molar-refractivity contribution is 0.233. The Labute approximate surface area is 88.7 Å². The third kappa shape index (κ3) is 2.10. The van der Waals surface area contributed by atoms with Gasteiger partial charge in [0.25, 0.3) is 0 Å². The summed E-state index contributed by atoms with van der Waals surface area (Å²) in [7, 11) is 0. The van der Waals surface area contributed by atoms with Crippen LogP contribution < -0.4 is 5.32 Å². The Morgan fingerprint density at radius 2 is 2.00 bits per heavy atom. The second kappa shape index (κ2) is 3.90. The normalized spacial score (nSPS) is 17.6. The van der Waals surface area contributed by atoms with Gasteiger partial charge in [-0.25, -0.2) is 4.39 Å². The molecule has 3 heteroatoms. The summed E-state index contributed by atoms with van der Waals surface area (Å²) in [5.74, 6) is -0.237. The third-order valence-electron chi connectivity index (χ3n) is 3.02. The fourth-order valence-corrected chi connectivity index (χ4v) is 1.77. The van der Waals surface area contributed by atoms with E-state index < -0.39 is 0 Å². The monoisotopic (exact) mass is 204 g/mol. The molecule has 0 aliphatic heterocycles. The van der Waals surface area contributed by atoms with Crippen LogP contribution in [0.15, 0.2) is 24.3 Å². The van der Waals surface area contributed by atoms with Gasteiger partial charge in [0.2, 0.25) is 0 Å². The maximum atomic E-state index is 12.6. The molecule has 1 N–H and O–H groups in total. The van der Waals surface area contributed by atoms with Crippen LogP contribution in [-0.4, -0.2) is 6.54 Å². The predicted molar refractivity (Wildman–Crippen MR) is 56.8 cm³/mol. The average molecular weight is 204 g/mol. The molecule has 78 valence electrons. The zero-order valence-electron chi connectivity index (χ0n) is 8.46. The van der Waals surface area contributed by atoms with Gasteiger partial charge in [-0.1, -0.05) is 6.42 Å². The van der Waals surface area contributed by atoms with Crippen LogP contribution in [-0.2, 0) is 0 Å². The first-order valence-corrected chi connectivity index (χ1v) is 5.15. The van der Waals surface area contributed by atoms with Crippen molar-refractivity contribution in [1.29, 1.82) is 5.26 Å². The first-order valence-electron chi connectivity index (χ1n) is 5.15. The van der Waals surface area contributed by atoms with E-state index in [9.17, 15) is 4.39 Å². The number of halogens is 1. The molecule has 0 heterocycles. The molecule has 1 fully saturated rings. The highest BCUT2D eigenvalue weighted by atomic mass is 19.1. The molecule has 2 rings (SSSR count). The molecule has 0 saturated heterocycles. The Morgan fingerprint density at radius 3 is 2.47 bits per heavy atom. The zero-order chi connectivity index (χ0) is 10.7. The molecular weight excluding hydrogens is 191 g/mol. The van der Waals surface area contributed by atoms with E-state index in [0.717, 1.165) is 24.9 Å². The third-order valence-corrected chi connectivity index (χ3v) is 3.02. The number of benzene rings is 1. The number of anilines is 1.